The van der Waals surface area contributed by atoms with Crippen LogP contribution in [0.5, 0.6) is 0 Å². The molecule has 0 saturated heterocycles. The number of nitrogens with one attached hydrogen (secondary N) is 1. The fraction of sp³-hybridized carbons (Fsp3) is 1.00. The fourth-order valence-electron chi connectivity index (χ4n) is 1.69. The quantitative estimate of drug-likeness (QED) is 0.551. The lowest BCUT2D eigenvalue weighted by Gasteiger charge is -2.20. The number of hydrogen-bond donors (Lipinski definition) is 1. The first kappa shape index (κ1) is 18.9. The summed E-state index contributed by atoms with van der Waals surface area (Å²) in [5.41, 5.74) is 0.249. The van der Waals surface area contributed by atoms with E-state index in [0.717, 1.165) is 33.0 Å². The Balaban J connectivity index is 3.03. The fourth-order valence-corrected chi connectivity index (χ4v) is 1.69. The van der Waals surface area contributed by atoms with Gasteiger partial charge in [0.1, 0.15) is 0 Å². The number of rotatable bonds is 12. The molecule has 0 heterocycles. The molecule has 19 heavy (non-hydrogen) atoms. The summed E-state index contributed by atoms with van der Waals surface area (Å²) < 4.78 is 11.0. The minimum atomic E-state index is 0.249. The van der Waals surface area contributed by atoms with E-state index in [-0.39, 0.29) is 5.54 Å². The predicted octanol–water partition coefficient (Wildman–Crippen LogP) is 3.62. The Labute approximate surface area is 120 Å². The molecular formula is C16H35NO2. The van der Waals surface area contributed by atoms with Crippen molar-refractivity contribution in [1.29, 1.82) is 0 Å². The van der Waals surface area contributed by atoms with E-state index < -0.39 is 0 Å². The maximum Gasteiger partial charge on any atom is 0.0700 e. The van der Waals surface area contributed by atoms with Crippen molar-refractivity contribution in [2.24, 2.45) is 5.92 Å². The summed E-state index contributed by atoms with van der Waals surface area (Å²) in [5.74, 6) is 0.613. The van der Waals surface area contributed by atoms with Gasteiger partial charge in [-0.3, -0.25) is 0 Å². The molecule has 0 aliphatic heterocycles. The summed E-state index contributed by atoms with van der Waals surface area (Å²) in [6, 6.07) is 0. The molecule has 116 valence electrons. The van der Waals surface area contributed by atoms with Gasteiger partial charge in [-0.2, -0.15) is 0 Å². The summed E-state index contributed by atoms with van der Waals surface area (Å²) in [4.78, 5) is 0. The van der Waals surface area contributed by atoms with Crippen molar-refractivity contribution < 1.29 is 9.47 Å². The Morgan fingerprint density at radius 3 is 2.11 bits per heavy atom. The molecular weight excluding hydrogens is 238 g/mol. The molecule has 0 amide bonds. The van der Waals surface area contributed by atoms with E-state index in [1.807, 2.05) is 0 Å². The van der Waals surface area contributed by atoms with Crippen LogP contribution in [0.25, 0.3) is 0 Å². The van der Waals surface area contributed by atoms with Crippen molar-refractivity contribution in [2.45, 2.75) is 65.8 Å². The van der Waals surface area contributed by atoms with E-state index in [1.54, 1.807) is 0 Å². The van der Waals surface area contributed by atoms with Crippen LogP contribution in [-0.4, -0.2) is 38.5 Å². The molecule has 0 aromatic heterocycles. The van der Waals surface area contributed by atoms with Gasteiger partial charge in [0.05, 0.1) is 13.2 Å². The molecule has 0 spiro atoms. The minimum Gasteiger partial charge on any atom is -0.379 e. The van der Waals surface area contributed by atoms with Gasteiger partial charge in [0.25, 0.3) is 0 Å². The normalized spacial score (nSPS) is 12.3. The molecule has 0 fully saturated rings. The van der Waals surface area contributed by atoms with Crippen LogP contribution < -0.4 is 5.32 Å². The Hall–Kier alpha value is -0.120. The second-order valence-electron chi connectivity index (χ2n) is 6.67. The van der Waals surface area contributed by atoms with Crippen molar-refractivity contribution >= 4 is 0 Å². The van der Waals surface area contributed by atoms with Gasteiger partial charge in [-0.1, -0.05) is 26.7 Å². The van der Waals surface area contributed by atoms with Crippen LogP contribution in [0, 0.1) is 5.92 Å². The summed E-state index contributed by atoms with van der Waals surface area (Å²) >= 11 is 0. The number of unbranched alkanes of at least 4 members (excludes halogenated alkanes) is 3. The zero-order valence-electron chi connectivity index (χ0n) is 13.8. The van der Waals surface area contributed by atoms with Crippen molar-refractivity contribution in [3.63, 3.8) is 0 Å². The molecule has 3 nitrogen and oxygen atoms in total. The van der Waals surface area contributed by atoms with Crippen LogP contribution in [0.4, 0.5) is 0 Å². The van der Waals surface area contributed by atoms with Gasteiger partial charge in [0.15, 0.2) is 0 Å². The molecule has 0 aromatic rings. The zero-order valence-corrected chi connectivity index (χ0v) is 13.8. The molecule has 0 aliphatic rings. The third-order valence-corrected chi connectivity index (χ3v) is 2.69. The van der Waals surface area contributed by atoms with E-state index >= 15 is 0 Å². The zero-order chi connectivity index (χ0) is 14.6. The third kappa shape index (κ3) is 17.9. The lowest BCUT2D eigenvalue weighted by molar-refractivity contribution is 0.0365. The van der Waals surface area contributed by atoms with Gasteiger partial charge in [0, 0.05) is 18.8 Å². The van der Waals surface area contributed by atoms with Gasteiger partial charge in [0.2, 0.25) is 0 Å². The first-order valence-electron chi connectivity index (χ1n) is 7.82. The van der Waals surface area contributed by atoms with Gasteiger partial charge in [-0.25, -0.2) is 0 Å². The van der Waals surface area contributed by atoms with Crippen LogP contribution >= 0.6 is 0 Å². The molecule has 0 rings (SSSR count). The van der Waals surface area contributed by atoms with Gasteiger partial charge < -0.3 is 14.8 Å². The molecule has 0 saturated carbocycles. The molecule has 0 bridgehead atoms. The largest absolute Gasteiger partial charge is 0.379 e. The van der Waals surface area contributed by atoms with Gasteiger partial charge in [-0.15, -0.1) is 0 Å². The highest BCUT2D eigenvalue weighted by molar-refractivity contribution is 4.69. The summed E-state index contributed by atoms with van der Waals surface area (Å²) in [7, 11) is 0. The van der Waals surface area contributed by atoms with Crippen molar-refractivity contribution in [3.8, 4) is 0 Å². The topological polar surface area (TPSA) is 30.5 Å². The summed E-state index contributed by atoms with van der Waals surface area (Å²) in [5, 5.41) is 3.51. The van der Waals surface area contributed by atoms with Crippen LogP contribution in [0.3, 0.4) is 0 Å². The molecule has 0 unspecified atom stereocenters. The maximum absolute atomic E-state index is 5.54. The van der Waals surface area contributed by atoms with E-state index in [1.165, 1.54) is 25.7 Å². The number of ether oxygens (including phenoxy) is 2. The predicted molar refractivity (Wildman–Crippen MR) is 82.7 cm³/mol. The average molecular weight is 273 g/mol. The monoisotopic (exact) mass is 273 g/mol. The highest BCUT2D eigenvalue weighted by Crippen LogP contribution is 2.02. The van der Waals surface area contributed by atoms with Crippen molar-refractivity contribution in [2.75, 3.05) is 33.0 Å². The SMILES string of the molecule is CC(C)COCCOCCCCCCNC(C)(C)C. The molecule has 0 aliphatic carbocycles. The van der Waals surface area contributed by atoms with Crippen molar-refractivity contribution in [3.05, 3.63) is 0 Å². The van der Waals surface area contributed by atoms with Crippen LogP contribution in [0.2, 0.25) is 0 Å². The van der Waals surface area contributed by atoms with Gasteiger partial charge in [-0.05, 0) is 46.1 Å². The second kappa shape index (κ2) is 11.7. The Morgan fingerprint density at radius 2 is 1.47 bits per heavy atom. The minimum absolute atomic E-state index is 0.249. The summed E-state index contributed by atoms with van der Waals surface area (Å²) in [6.07, 6.45) is 4.98. The molecule has 3 heteroatoms. The first-order valence-corrected chi connectivity index (χ1v) is 7.82. The maximum atomic E-state index is 5.54. The van der Waals surface area contributed by atoms with Crippen LogP contribution in [0.1, 0.15) is 60.3 Å². The lowest BCUT2D eigenvalue weighted by atomic mass is 10.1. The highest BCUT2D eigenvalue weighted by Gasteiger charge is 2.06. The Morgan fingerprint density at radius 1 is 0.842 bits per heavy atom. The van der Waals surface area contributed by atoms with Crippen LogP contribution in [-0.2, 0) is 9.47 Å². The molecule has 0 aromatic carbocycles. The average Bonchev–Trinajstić information content (AvgIpc) is 2.28. The third-order valence-electron chi connectivity index (χ3n) is 2.69. The van der Waals surface area contributed by atoms with Crippen molar-refractivity contribution in [1.82, 2.24) is 5.32 Å². The Bertz CT molecular complexity index is 188. The van der Waals surface area contributed by atoms with Gasteiger partial charge >= 0.3 is 0 Å². The van der Waals surface area contributed by atoms with E-state index in [2.05, 4.69) is 39.9 Å². The highest BCUT2D eigenvalue weighted by atomic mass is 16.5. The molecule has 0 atom stereocenters. The van der Waals surface area contributed by atoms with E-state index in [4.69, 9.17) is 9.47 Å². The van der Waals surface area contributed by atoms with Crippen LogP contribution in [0.15, 0.2) is 0 Å². The van der Waals surface area contributed by atoms with E-state index in [0.29, 0.717) is 5.92 Å². The standard InChI is InChI=1S/C16H35NO2/c1-15(2)14-19-13-12-18-11-9-7-6-8-10-17-16(3,4)5/h15,17H,6-14H2,1-5H3. The molecule has 1 N–H and O–H groups in total. The smallest absolute Gasteiger partial charge is 0.0700 e. The van der Waals surface area contributed by atoms with E-state index in [9.17, 15) is 0 Å². The lowest BCUT2D eigenvalue weighted by Crippen LogP contribution is -2.36. The first-order chi connectivity index (χ1) is 8.92. The molecule has 0 radical (unpaired) electrons. The summed E-state index contributed by atoms with van der Waals surface area (Å²) in [6.45, 7) is 15.2. The second-order valence-corrected chi connectivity index (χ2v) is 6.67. The number of hydrogen-bond acceptors (Lipinski definition) is 3. The Kier molecular flexibility index (Phi) is 11.6.